The maximum atomic E-state index is 11.1. The van der Waals surface area contributed by atoms with Crippen LogP contribution in [0.4, 0.5) is 0 Å². The standard InChI is InChI=1S/C12H11N5O2/c1-19-9-5-3-2-4-7(9)12-15-14-10-6-8(11(13)18)16-17(10)12/h2-6,14H,1H3,(H2,13,18). The number of carbonyl (C=O) groups excluding carboxylic acids is 1. The first-order valence-corrected chi connectivity index (χ1v) is 5.58. The van der Waals surface area contributed by atoms with Crippen LogP contribution in [-0.2, 0) is 0 Å². The van der Waals surface area contributed by atoms with Crippen LogP contribution in [0.2, 0.25) is 0 Å². The van der Waals surface area contributed by atoms with Crippen LogP contribution in [0.3, 0.4) is 0 Å². The van der Waals surface area contributed by atoms with Crippen LogP contribution >= 0.6 is 0 Å². The van der Waals surface area contributed by atoms with E-state index in [-0.39, 0.29) is 5.69 Å². The molecule has 1 amide bonds. The highest BCUT2D eigenvalue weighted by Gasteiger charge is 2.16. The molecule has 19 heavy (non-hydrogen) atoms. The number of hydrogen-bond donors (Lipinski definition) is 2. The zero-order valence-electron chi connectivity index (χ0n) is 10.1. The second-order valence-corrected chi connectivity index (χ2v) is 3.94. The van der Waals surface area contributed by atoms with Crippen molar-refractivity contribution in [1.82, 2.24) is 19.8 Å². The van der Waals surface area contributed by atoms with Crippen LogP contribution in [0.25, 0.3) is 17.0 Å². The summed E-state index contributed by atoms with van der Waals surface area (Å²) in [4.78, 5) is 11.1. The summed E-state index contributed by atoms with van der Waals surface area (Å²) in [6.07, 6.45) is 0. The third-order valence-corrected chi connectivity index (χ3v) is 2.79. The van der Waals surface area contributed by atoms with Gasteiger partial charge >= 0.3 is 0 Å². The van der Waals surface area contributed by atoms with Crippen LogP contribution < -0.4 is 10.5 Å². The molecule has 0 radical (unpaired) electrons. The molecular weight excluding hydrogens is 246 g/mol. The van der Waals surface area contributed by atoms with Crippen LogP contribution in [0.1, 0.15) is 10.5 Å². The molecule has 0 aliphatic carbocycles. The molecule has 3 N–H and O–H groups in total. The van der Waals surface area contributed by atoms with Crippen molar-refractivity contribution >= 4 is 11.6 Å². The number of amides is 1. The molecule has 7 heteroatoms. The maximum Gasteiger partial charge on any atom is 0.269 e. The van der Waals surface area contributed by atoms with E-state index in [4.69, 9.17) is 10.5 Å². The quantitative estimate of drug-likeness (QED) is 0.726. The lowest BCUT2D eigenvalue weighted by atomic mass is 10.2. The molecule has 7 nitrogen and oxygen atoms in total. The lowest BCUT2D eigenvalue weighted by Gasteiger charge is -2.04. The summed E-state index contributed by atoms with van der Waals surface area (Å²) in [5, 5.41) is 11.1. The van der Waals surface area contributed by atoms with Crippen molar-refractivity contribution in [2.45, 2.75) is 0 Å². The summed E-state index contributed by atoms with van der Waals surface area (Å²) < 4.78 is 6.81. The van der Waals surface area contributed by atoms with Crippen molar-refractivity contribution in [3.8, 4) is 17.1 Å². The van der Waals surface area contributed by atoms with Crippen LogP contribution in [0.5, 0.6) is 5.75 Å². The molecule has 3 rings (SSSR count). The Kier molecular flexibility index (Phi) is 2.45. The molecule has 0 bridgehead atoms. The number of nitrogens with one attached hydrogen (secondary N) is 1. The molecule has 0 fully saturated rings. The number of hydrogen-bond acceptors (Lipinski definition) is 4. The van der Waals surface area contributed by atoms with Gasteiger partial charge in [0.25, 0.3) is 5.91 Å². The number of fused-ring (bicyclic) bond motifs is 1. The lowest BCUT2D eigenvalue weighted by Crippen LogP contribution is -2.11. The maximum absolute atomic E-state index is 11.1. The molecule has 0 spiro atoms. The Morgan fingerprint density at radius 2 is 2.21 bits per heavy atom. The van der Waals surface area contributed by atoms with Gasteiger partial charge in [-0.1, -0.05) is 12.1 Å². The Hall–Kier alpha value is -2.83. The predicted molar refractivity (Wildman–Crippen MR) is 67.8 cm³/mol. The molecule has 2 heterocycles. The van der Waals surface area contributed by atoms with Gasteiger partial charge in [-0.15, -0.1) is 0 Å². The van der Waals surface area contributed by atoms with E-state index in [1.54, 1.807) is 13.2 Å². The Labute approximate surface area is 108 Å². The van der Waals surface area contributed by atoms with E-state index < -0.39 is 5.91 Å². The third-order valence-electron chi connectivity index (χ3n) is 2.79. The number of rotatable bonds is 3. The number of carbonyl (C=O) groups is 1. The Morgan fingerprint density at radius 1 is 1.42 bits per heavy atom. The fraction of sp³-hybridized carbons (Fsp3) is 0.0833. The molecule has 2 aromatic heterocycles. The number of aromatic amines is 1. The normalized spacial score (nSPS) is 10.8. The topological polar surface area (TPSA) is 98.3 Å². The van der Waals surface area contributed by atoms with E-state index in [0.29, 0.717) is 17.2 Å². The van der Waals surface area contributed by atoms with Gasteiger partial charge in [-0.05, 0) is 12.1 Å². The number of methoxy groups -OCH3 is 1. The first-order chi connectivity index (χ1) is 9.20. The van der Waals surface area contributed by atoms with Crippen molar-refractivity contribution < 1.29 is 9.53 Å². The molecule has 0 saturated carbocycles. The number of aromatic nitrogens is 4. The van der Waals surface area contributed by atoms with Gasteiger partial charge in [-0.3, -0.25) is 9.89 Å². The smallest absolute Gasteiger partial charge is 0.269 e. The Balaban J connectivity index is 2.22. The van der Waals surface area contributed by atoms with Crippen molar-refractivity contribution in [2.24, 2.45) is 5.73 Å². The Bertz CT molecular complexity index is 758. The van der Waals surface area contributed by atoms with Gasteiger partial charge in [0.2, 0.25) is 0 Å². The van der Waals surface area contributed by atoms with E-state index in [0.717, 1.165) is 5.56 Å². The van der Waals surface area contributed by atoms with Gasteiger partial charge in [0, 0.05) is 6.07 Å². The zero-order valence-corrected chi connectivity index (χ0v) is 10.1. The van der Waals surface area contributed by atoms with Crippen molar-refractivity contribution in [2.75, 3.05) is 7.11 Å². The minimum Gasteiger partial charge on any atom is -0.496 e. The van der Waals surface area contributed by atoms with E-state index >= 15 is 0 Å². The van der Waals surface area contributed by atoms with Gasteiger partial charge in [0.05, 0.1) is 12.7 Å². The van der Waals surface area contributed by atoms with Crippen molar-refractivity contribution in [3.63, 3.8) is 0 Å². The fourth-order valence-corrected chi connectivity index (χ4v) is 1.90. The van der Waals surface area contributed by atoms with Crippen LogP contribution in [0.15, 0.2) is 30.3 Å². The van der Waals surface area contributed by atoms with Crippen LogP contribution in [0, 0.1) is 0 Å². The first-order valence-electron chi connectivity index (χ1n) is 5.58. The lowest BCUT2D eigenvalue weighted by molar-refractivity contribution is 0.0995. The molecule has 0 unspecified atom stereocenters. The molecule has 0 aliphatic heterocycles. The zero-order chi connectivity index (χ0) is 13.4. The van der Waals surface area contributed by atoms with E-state index in [9.17, 15) is 4.79 Å². The van der Waals surface area contributed by atoms with Crippen molar-refractivity contribution in [1.29, 1.82) is 0 Å². The van der Waals surface area contributed by atoms with Crippen molar-refractivity contribution in [3.05, 3.63) is 36.0 Å². The highest BCUT2D eigenvalue weighted by Crippen LogP contribution is 2.28. The monoisotopic (exact) mass is 257 g/mol. The number of para-hydroxylation sites is 1. The largest absolute Gasteiger partial charge is 0.496 e. The first kappa shape index (κ1) is 11.3. The molecule has 0 atom stereocenters. The second-order valence-electron chi connectivity index (χ2n) is 3.94. The third kappa shape index (κ3) is 1.71. The highest BCUT2D eigenvalue weighted by atomic mass is 16.5. The summed E-state index contributed by atoms with van der Waals surface area (Å²) in [6.45, 7) is 0. The molecule has 96 valence electrons. The van der Waals surface area contributed by atoms with Gasteiger partial charge < -0.3 is 10.5 Å². The highest BCUT2D eigenvalue weighted by molar-refractivity contribution is 5.92. The number of ether oxygens (including phenoxy) is 1. The molecule has 0 saturated heterocycles. The minimum atomic E-state index is -0.580. The van der Waals surface area contributed by atoms with Gasteiger partial charge in [0.15, 0.2) is 17.2 Å². The number of benzene rings is 1. The summed E-state index contributed by atoms with van der Waals surface area (Å²) in [5.41, 5.74) is 6.76. The van der Waals surface area contributed by atoms with E-state index in [1.165, 1.54) is 4.52 Å². The average Bonchev–Trinajstić information content (AvgIpc) is 2.98. The molecule has 1 aromatic carbocycles. The number of nitrogens with zero attached hydrogens (tertiary/aromatic N) is 3. The fourth-order valence-electron chi connectivity index (χ4n) is 1.90. The summed E-state index contributed by atoms with van der Waals surface area (Å²) in [5.74, 6) is 0.648. The molecule has 0 aliphatic rings. The molecule has 3 aromatic rings. The predicted octanol–water partition coefficient (Wildman–Crippen LogP) is 0.832. The number of H-pyrrole nitrogens is 1. The second kappa shape index (κ2) is 4.13. The summed E-state index contributed by atoms with van der Waals surface area (Å²) in [7, 11) is 1.58. The number of nitrogens with two attached hydrogens (primary N) is 1. The average molecular weight is 257 g/mol. The summed E-state index contributed by atoms with van der Waals surface area (Å²) in [6, 6.07) is 8.98. The van der Waals surface area contributed by atoms with Crippen LogP contribution in [-0.4, -0.2) is 32.8 Å². The van der Waals surface area contributed by atoms with Gasteiger partial charge in [-0.25, -0.2) is 0 Å². The van der Waals surface area contributed by atoms with E-state index in [2.05, 4.69) is 15.3 Å². The van der Waals surface area contributed by atoms with Gasteiger partial charge in [0.1, 0.15) is 5.75 Å². The minimum absolute atomic E-state index is 0.185. The van der Waals surface area contributed by atoms with E-state index in [1.807, 2.05) is 24.3 Å². The summed E-state index contributed by atoms with van der Waals surface area (Å²) >= 11 is 0. The van der Waals surface area contributed by atoms with Gasteiger partial charge in [-0.2, -0.15) is 14.7 Å². The Morgan fingerprint density at radius 3 is 2.95 bits per heavy atom. The SMILES string of the molecule is COc1ccccc1-c1n[nH]c2cc(C(N)=O)nn12. The molecular formula is C12H11N5O2. The number of primary amides is 1.